The van der Waals surface area contributed by atoms with Crippen molar-refractivity contribution in [1.82, 2.24) is 24.7 Å². The van der Waals surface area contributed by atoms with Gasteiger partial charge >= 0.3 is 0 Å². The van der Waals surface area contributed by atoms with Crippen LogP contribution in [0.1, 0.15) is 73.2 Å². The molecular formula is C24H32ClN5O2S. The fraction of sp³-hybridized carbons (Fsp3) is 0.625. The zero-order valence-electron chi connectivity index (χ0n) is 19.3. The minimum atomic E-state index is 0.0178. The number of fused-ring (bicyclic) bond motifs is 3. The summed E-state index contributed by atoms with van der Waals surface area (Å²) >= 11 is 7.67. The van der Waals surface area contributed by atoms with Gasteiger partial charge < -0.3 is 14.8 Å². The van der Waals surface area contributed by atoms with E-state index in [1.165, 1.54) is 18.5 Å². The van der Waals surface area contributed by atoms with E-state index < -0.39 is 0 Å². The largest absolute Gasteiger partial charge is 0.351 e. The summed E-state index contributed by atoms with van der Waals surface area (Å²) in [4.78, 5) is 33.6. The fourth-order valence-electron chi connectivity index (χ4n) is 6.30. The SMILES string of the molecule is CC(=O)N1CCc2c(nc(C)n2C2CC3CCC(C2)N3CCC(NC=O)c2ccc(Cl)s2)C1. The third-order valence-electron chi connectivity index (χ3n) is 7.78. The molecule has 9 heteroatoms. The predicted molar refractivity (Wildman–Crippen MR) is 129 cm³/mol. The van der Waals surface area contributed by atoms with Gasteiger partial charge in [-0.15, -0.1) is 11.3 Å². The quantitative estimate of drug-likeness (QED) is 0.599. The second-order valence-electron chi connectivity index (χ2n) is 9.63. The van der Waals surface area contributed by atoms with Gasteiger partial charge in [-0.3, -0.25) is 14.5 Å². The minimum Gasteiger partial charge on any atom is -0.351 e. The van der Waals surface area contributed by atoms with Crippen molar-refractivity contribution in [2.24, 2.45) is 0 Å². The molecule has 3 aliphatic heterocycles. The highest BCUT2D eigenvalue weighted by Gasteiger charge is 2.42. The van der Waals surface area contributed by atoms with Gasteiger partial charge in [0.25, 0.3) is 0 Å². The van der Waals surface area contributed by atoms with E-state index in [0.717, 1.165) is 65.9 Å². The van der Waals surface area contributed by atoms with Gasteiger partial charge in [0.15, 0.2) is 0 Å². The van der Waals surface area contributed by atoms with Crippen molar-refractivity contribution in [1.29, 1.82) is 0 Å². The number of nitrogens with zero attached hydrogens (tertiary/aromatic N) is 4. The molecule has 5 heterocycles. The van der Waals surface area contributed by atoms with Gasteiger partial charge in [-0.2, -0.15) is 0 Å². The maximum Gasteiger partial charge on any atom is 0.219 e. The molecule has 0 aliphatic carbocycles. The summed E-state index contributed by atoms with van der Waals surface area (Å²) < 4.78 is 3.26. The van der Waals surface area contributed by atoms with Crippen LogP contribution in [0.3, 0.4) is 0 Å². The van der Waals surface area contributed by atoms with E-state index in [2.05, 4.69) is 21.7 Å². The highest BCUT2D eigenvalue weighted by Crippen LogP contribution is 2.43. The standard InChI is InChI=1S/C24H32ClN5O2S/c1-15-27-21-13-28(16(2)32)9-8-22(21)30(15)19-11-17-3-4-18(12-19)29(17)10-7-20(26-14-31)23-5-6-24(25)33-23/h5-6,14,17-20H,3-4,7-13H2,1-2H3,(H,26,31). The number of imidazole rings is 1. The highest BCUT2D eigenvalue weighted by molar-refractivity contribution is 7.16. The number of rotatable bonds is 7. The molecule has 3 aliphatic rings. The third kappa shape index (κ3) is 4.45. The summed E-state index contributed by atoms with van der Waals surface area (Å²) in [5.74, 6) is 1.22. The van der Waals surface area contributed by atoms with Crippen molar-refractivity contribution < 1.29 is 9.59 Å². The smallest absolute Gasteiger partial charge is 0.219 e. The van der Waals surface area contributed by atoms with Gasteiger partial charge in [0, 0.05) is 55.1 Å². The predicted octanol–water partition coefficient (Wildman–Crippen LogP) is 3.86. The first-order valence-corrected chi connectivity index (χ1v) is 13.2. The Morgan fingerprint density at radius 2 is 2.06 bits per heavy atom. The Labute approximate surface area is 204 Å². The lowest BCUT2D eigenvalue weighted by Gasteiger charge is -2.41. The summed E-state index contributed by atoms with van der Waals surface area (Å²) in [5.41, 5.74) is 2.42. The van der Waals surface area contributed by atoms with Crippen molar-refractivity contribution in [3.05, 3.63) is 38.6 Å². The van der Waals surface area contributed by atoms with Crippen LogP contribution in [0.25, 0.3) is 0 Å². The molecule has 33 heavy (non-hydrogen) atoms. The lowest BCUT2D eigenvalue weighted by atomic mass is 9.95. The molecule has 0 spiro atoms. The molecule has 178 valence electrons. The molecule has 5 rings (SSSR count). The first kappa shape index (κ1) is 22.9. The van der Waals surface area contributed by atoms with Crippen LogP contribution in [0, 0.1) is 6.92 Å². The van der Waals surface area contributed by atoms with E-state index in [9.17, 15) is 9.59 Å². The number of amides is 2. The lowest BCUT2D eigenvalue weighted by molar-refractivity contribution is -0.129. The summed E-state index contributed by atoms with van der Waals surface area (Å²) in [6.07, 6.45) is 7.37. The molecule has 3 unspecified atom stereocenters. The fourth-order valence-corrected chi connectivity index (χ4v) is 7.45. The second kappa shape index (κ2) is 9.39. The molecule has 3 atom stereocenters. The van der Waals surface area contributed by atoms with Crippen molar-refractivity contribution >= 4 is 35.3 Å². The van der Waals surface area contributed by atoms with E-state index in [1.807, 2.05) is 17.0 Å². The number of carbonyl (C=O) groups excluding carboxylic acids is 2. The number of hydrogen-bond acceptors (Lipinski definition) is 5. The molecule has 0 radical (unpaired) electrons. The molecule has 2 aromatic rings. The number of carbonyl (C=O) groups is 2. The molecular weight excluding hydrogens is 458 g/mol. The topological polar surface area (TPSA) is 70.5 Å². The summed E-state index contributed by atoms with van der Waals surface area (Å²) in [6.45, 7) is 6.17. The minimum absolute atomic E-state index is 0.0178. The normalized spacial score (nSPS) is 25.7. The molecule has 0 aromatic carbocycles. The second-order valence-corrected chi connectivity index (χ2v) is 11.4. The number of halogens is 1. The van der Waals surface area contributed by atoms with Crippen molar-refractivity contribution in [3.63, 3.8) is 0 Å². The Morgan fingerprint density at radius 3 is 2.70 bits per heavy atom. The zero-order chi connectivity index (χ0) is 23.1. The van der Waals surface area contributed by atoms with Crippen LogP contribution in [0.5, 0.6) is 0 Å². The van der Waals surface area contributed by atoms with E-state index in [1.54, 1.807) is 18.3 Å². The van der Waals surface area contributed by atoms with E-state index in [0.29, 0.717) is 24.7 Å². The maximum absolute atomic E-state index is 11.8. The van der Waals surface area contributed by atoms with Crippen LogP contribution < -0.4 is 5.32 Å². The average molecular weight is 490 g/mol. The number of hydrogen-bond donors (Lipinski definition) is 1. The summed E-state index contributed by atoms with van der Waals surface area (Å²) in [6, 6.07) is 5.58. The van der Waals surface area contributed by atoms with Gasteiger partial charge in [0.1, 0.15) is 5.82 Å². The third-order valence-corrected chi connectivity index (χ3v) is 9.13. The van der Waals surface area contributed by atoms with Crippen LogP contribution in [0.2, 0.25) is 4.34 Å². The lowest BCUT2D eigenvalue weighted by Crippen LogP contribution is -2.45. The summed E-state index contributed by atoms with van der Waals surface area (Å²) in [5, 5.41) is 2.99. The number of nitrogens with one attached hydrogen (secondary N) is 1. The monoisotopic (exact) mass is 489 g/mol. The van der Waals surface area contributed by atoms with E-state index in [-0.39, 0.29) is 11.9 Å². The maximum atomic E-state index is 11.8. The van der Waals surface area contributed by atoms with Crippen molar-refractivity contribution in [2.75, 3.05) is 13.1 Å². The Bertz CT molecular complexity index is 1020. The van der Waals surface area contributed by atoms with E-state index >= 15 is 0 Å². The van der Waals surface area contributed by atoms with Crippen molar-refractivity contribution in [3.8, 4) is 0 Å². The van der Waals surface area contributed by atoms with Crippen LogP contribution in [0.15, 0.2) is 12.1 Å². The molecule has 2 bridgehead atoms. The summed E-state index contributed by atoms with van der Waals surface area (Å²) in [7, 11) is 0. The Kier molecular flexibility index (Phi) is 6.51. The van der Waals surface area contributed by atoms with Gasteiger partial charge in [-0.1, -0.05) is 11.6 Å². The first-order valence-electron chi connectivity index (χ1n) is 12.0. The Hall–Kier alpha value is -1.90. The highest BCUT2D eigenvalue weighted by atomic mass is 35.5. The average Bonchev–Trinajstić information content (AvgIpc) is 3.43. The molecule has 7 nitrogen and oxygen atoms in total. The first-order chi connectivity index (χ1) is 15.9. The number of aryl methyl sites for hydroxylation is 1. The number of thiophene rings is 1. The van der Waals surface area contributed by atoms with Crippen LogP contribution in [0.4, 0.5) is 0 Å². The van der Waals surface area contributed by atoms with Gasteiger partial charge in [-0.05, 0) is 51.2 Å². The molecule has 2 saturated heterocycles. The molecule has 1 N–H and O–H groups in total. The van der Waals surface area contributed by atoms with Crippen LogP contribution in [-0.2, 0) is 22.6 Å². The molecule has 2 fully saturated rings. The molecule has 0 saturated carbocycles. The Morgan fingerprint density at radius 1 is 1.30 bits per heavy atom. The van der Waals surface area contributed by atoms with E-state index in [4.69, 9.17) is 16.6 Å². The van der Waals surface area contributed by atoms with Gasteiger partial charge in [0.05, 0.1) is 22.6 Å². The molecule has 2 aromatic heterocycles. The molecule has 2 amide bonds. The zero-order valence-corrected chi connectivity index (χ0v) is 20.9. The Balaban J connectivity index is 1.27. The van der Waals surface area contributed by atoms with Crippen LogP contribution in [-0.4, -0.2) is 56.8 Å². The van der Waals surface area contributed by atoms with Gasteiger partial charge in [0.2, 0.25) is 12.3 Å². The van der Waals surface area contributed by atoms with Crippen molar-refractivity contribution in [2.45, 2.75) is 83.1 Å². The number of aromatic nitrogens is 2. The number of piperidine rings is 1. The van der Waals surface area contributed by atoms with Crippen LogP contribution >= 0.6 is 22.9 Å². The van der Waals surface area contributed by atoms with Gasteiger partial charge in [-0.25, -0.2) is 4.98 Å².